The van der Waals surface area contributed by atoms with Crippen molar-refractivity contribution >= 4 is 22.9 Å². The SMILES string of the molecule is CCOC(=O)NNC(=O)c1cccc2c3c([nH]c12)CCCC3. The Bertz CT molecular complexity index is 721. The summed E-state index contributed by atoms with van der Waals surface area (Å²) in [5, 5.41) is 1.10. The van der Waals surface area contributed by atoms with E-state index in [0.29, 0.717) is 5.56 Å². The average Bonchev–Trinajstić information content (AvgIpc) is 2.91. The quantitative estimate of drug-likeness (QED) is 0.745. The van der Waals surface area contributed by atoms with Crippen molar-refractivity contribution in [2.45, 2.75) is 32.6 Å². The van der Waals surface area contributed by atoms with Gasteiger partial charge in [0.1, 0.15) is 0 Å². The van der Waals surface area contributed by atoms with E-state index in [1.165, 1.54) is 24.1 Å². The van der Waals surface area contributed by atoms with Gasteiger partial charge < -0.3 is 9.72 Å². The number of aryl methyl sites for hydroxylation is 2. The van der Waals surface area contributed by atoms with Crippen molar-refractivity contribution in [3.05, 3.63) is 35.0 Å². The average molecular weight is 301 g/mol. The van der Waals surface area contributed by atoms with E-state index in [0.717, 1.165) is 23.7 Å². The summed E-state index contributed by atoms with van der Waals surface area (Å²) in [5.41, 5.74) is 8.49. The second-order valence-electron chi connectivity index (χ2n) is 5.32. The number of benzene rings is 1. The highest BCUT2D eigenvalue weighted by Crippen LogP contribution is 2.30. The van der Waals surface area contributed by atoms with Crippen LogP contribution in [-0.4, -0.2) is 23.6 Å². The molecule has 0 aliphatic heterocycles. The van der Waals surface area contributed by atoms with Crippen LogP contribution in [0.25, 0.3) is 10.9 Å². The zero-order valence-corrected chi connectivity index (χ0v) is 12.5. The van der Waals surface area contributed by atoms with Crippen molar-refractivity contribution in [2.75, 3.05) is 6.61 Å². The van der Waals surface area contributed by atoms with Crippen molar-refractivity contribution in [3.63, 3.8) is 0 Å². The molecule has 0 bridgehead atoms. The normalized spacial score (nSPS) is 13.5. The van der Waals surface area contributed by atoms with E-state index in [1.54, 1.807) is 13.0 Å². The van der Waals surface area contributed by atoms with Crippen LogP contribution in [0.3, 0.4) is 0 Å². The highest BCUT2D eigenvalue weighted by atomic mass is 16.5. The zero-order valence-electron chi connectivity index (χ0n) is 12.5. The van der Waals surface area contributed by atoms with Crippen LogP contribution in [0.4, 0.5) is 4.79 Å². The number of rotatable bonds is 2. The van der Waals surface area contributed by atoms with Gasteiger partial charge in [-0.05, 0) is 44.2 Å². The largest absolute Gasteiger partial charge is 0.449 e. The van der Waals surface area contributed by atoms with E-state index in [-0.39, 0.29) is 12.5 Å². The first-order chi connectivity index (χ1) is 10.7. The first-order valence-electron chi connectivity index (χ1n) is 7.56. The smallest absolute Gasteiger partial charge is 0.426 e. The zero-order chi connectivity index (χ0) is 15.5. The lowest BCUT2D eigenvalue weighted by molar-refractivity contribution is 0.0914. The maximum Gasteiger partial charge on any atom is 0.426 e. The fourth-order valence-corrected chi connectivity index (χ4v) is 2.96. The molecule has 116 valence electrons. The first kappa shape index (κ1) is 14.4. The molecule has 0 atom stereocenters. The Balaban J connectivity index is 1.86. The molecular formula is C16H19N3O3. The Morgan fingerprint density at radius 2 is 2.05 bits per heavy atom. The second-order valence-corrected chi connectivity index (χ2v) is 5.32. The van der Waals surface area contributed by atoms with Gasteiger partial charge in [0.25, 0.3) is 5.91 Å². The predicted molar refractivity (Wildman–Crippen MR) is 82.6 cm³/mol. The molecule has 2 aromatic rings. The van der Waals surface area contributed by atoms with Crippen LogP contribution < -0.4 is 10.9 Å². The number of aromatic nitrogens is 1. The summed E-state index contributed by atoms with van der Waals surface area (Å²) in [6.07, 6.45) is 3.74. The molecule has 0 saturated heterocycles. The van der Waals surface area contributed by atoms with Gasteiger partial charge in [0.2, 0.25) is 0 Å². The molecule has 1 aromatic carbocycles. The summed E-state index contributed by atoms with van der Waals surface area (Å²) < 4.78 is 4.71. The maximum atomic E-state index is 12.3. The number of ether oxygens (including phenoxy) is 1. The van der Waals surface area contributed by atoms with Crippen LogP contribution in [0.1, 0.15) is 41.4 Å². The Kier molecular flexibility index (Phi) is 4.00. The van der Waals surface area contributed by atoms with Gasteiger partial charge >= 0.3 is 6.09 Å². The van der Waals surface area contributed by atoms with Crippen molar-refractivity contribution < 1.29 is 14.3 Å². The number of fused-ring (bicyclic) bond motifs is 3. The van der Waals surface area contributed by atoms with Crippen LogP contribution in [0.5, 0.6) is 0 Å². The van der Waals surface area contributed by atoms with Gasteiger partial charge in [-0.25, -0.2) is 10.2 Å². The molecule has 1 heterocycles. The van der Waals surface area contributed by atoms with Crippen LogP contribution in [0.2, 0.25) is 0 Å². The monoisotopic (exact) mass is 301 g/mol. The minimum atomic E-state index is -0.672. The lowest BCUT2D eigenvalue weighted by atomic mass is 9.95. The number of amides is 2. The Morgan fingerprint density at radius 3 is 2.86 bits per heavy atom. The van der Waals surface area contributed by atoms with Crippen molar-refractivity contribution in [2.24, 2.45) is 0 Å². The van der Waals surface area contributed by atoms with Gasteiger partial charge in [-0.1, -0.05) is 12.1 Å². The molecule has 6 heteroatoms. The molecule has 0 unspecified atom stereocenters. The lowest BCUT2D eigenvalue weighted by Gasteiger charge is -2.10. The molecular weight excluding hydrogens is 282 g/mol. The molecule has 3 N–H and O–H groups in total. The van der Waals surface area contributed by atoms with Crippen molar-refractivity contribution in [1.29, 1.82) is 0 Å². The standard InChI is InChI=1S/C16H19N3O3/c1-2-22-16(21)19-18-15(20)12-8-5-7-11-10-6-3-4-9-13(10)17-14(11)12/h5,7-8,17H,2-4,6,9H2,1H3,(H,18,20)(H,19,21). The van der Waals surface area contributed by atoms with E-state index in [2.05, 4.69) is 15.8 Å². The van der Waals surface area contributed by atoms with Gasteiger partial charge in [-0.2, -0.15) is 0 Å². The Hall–Kier alpha value is -2.50. The van der Waals surface area contributed by atoms with Crippen LogP contribution >= 0.6 is 0 Å². The van der Waals surface area contributed by atoms with Gasteiger partial charge in [0.15, 0.2) is 0 Å². The maximum absolute atomic E-state index is 12.3. The van der Waals surface area contributed by atoms with Crippen LogP contribution in [-0.2, 0) is 17.6 Å². The molecule has 1 aromatic heterocycles. The topological polar surface area (TPSA) is 83.2 Å². The summed E-state index contributed by atoms with van der Waals surface area (Å²) in [6.45, 7) is 1.95. The minimum Gasteiger partial charge on any atom is -0.449 e. The number of nitrogens with one attached hydrogen (secondary N) is 3. The number of hydrogen-bond acceptors (Lipinski definition) is 3. The van der Waals surface area contributed by atoms with Crippen LogP contribution in [0.15, 0.2) is 18.2 Å². The van der Waals surface area contributed by atoms with Crippen molar-refractivity contribution in [1.82, 2.24) is 15.8 Å². The summed E-state index contributed by atoms with van der Waals surface area (Å²) in [4.78, 5) is 26.9. The molecule has 1 aliphatic carbocycles. The number of para-hydroxylation sites is 1. The molecule has 2 amide bonds. The lowest BCUT2D eigenvalue weighted by Crippen LogP contribution is -2.42. The van der Waals surface area contributed by atoms with E-state index in [9.17, 15) is 9.59 Å². The summed E-state index contributed by atoms with van der Waals surface area (Å²) in [6, 6.07) is 5.64. The van der Waals surface area contributed by atoms with E-state index in [1.807, 2.05) is 12.1 Å². The number of aromatic amines is 1. The van der Waals surface area contributed by atoms with E-state index >= 15 is 0 Å². The number of hydrazine groups is 1. The van der Waals surface area contributed by atoms with E-state index in [4.69, 9.17) is 4.74 Å². The minimum absolute atomic E-state index is 0.251. The molecule has 0 fully saturated rings. The number of hydrogen-bond donors (Lipinski definition) is 3. The molecule has 6 nitrogen and oxygen atoms in total. The fourth-order valence-electron chi connectivity index (χ4n) is 2.96. The molecule has 1 aliphatic rings. The highest BCUT2D eigenvalue weighted by molar-refractivity contribution is 6.07. The van der Waals surface area contributed by atoms with Crippen LogP contribution in [0, 0.1) is 0 Å². The Morgan fingerprint density at radius 1 is 1.23 bits per heavy atom. The fraction of sp³-hybridized carbons (Fsp3) is 0.375. The summed E-state index contributed by atoms with van der Waals surface area (Å²) in [7, 11) is 0. The third kappa shape index (κ3) is 2.64. The van der Waals surface area contributed by atoms with Gasteiger partial charge in [0, 0.05) is 11.1 Å². The second kappa shape index (κ2) is 6.09. The molecule has 0 radical (unpaired) electrons. The Labute approximate surface area is 128 Å². The molecule has 3 rings (SSSR count). The van der Waals surface area contributed by atoms with Gasteiger partial charge in [-0.15, -0.1) is 0 Å². The highest BCUT2D eigenvalue weighted by Gasteiger charge is 2.19. The summed E-state index contributed by atoms with van der Waals surface area (Å²) >= 11 is 0. The first-order valence-corrected chi connectivity index (χ1v) is 7.56. The molecule has 0 spiro atoms. The number of carbonyl (C=O) groups excluding carboxylic acids is 2. The molecule has 22 heavy (non-hydrogen) atoms. The van der Waals surface area contributed by atoms with E-state index < -0.39 is 6.09 Å². The summed E-state index contributed by atoms with van der Waals surface area (Å²) in [5.74, 6) is -0.364. The number of H-pyrrole nitrogens is 1. The number of carbonyl (C=O) groups is 2. The van der Waals surface area contributed by atoms with Gasteiger partial charge in [0.05, 0.1) is 17.7 Å². The van der Waals surface area contributed by atoms with Crippen molar-refractivity contribution in [3.8, 4) is 0 Å². The van der Waals surface area contributed by atoms with Gasteiger partial charge in [-0.3, -0.25) is 10.2 Å². The third-order valence-corrected chi connectivity index (χ3v) is 3.93. The molecule has 0 saturated carbocycles. The third-order valence-electron chi connectivity index (χ3n) is 3.93. The predicted octanol–water partition coefficient (Wildman–Crippen LogP) is 2.44.